The molecule has 2 aliphatic rings. The third-order valence-electron chi connectivity index (χ3n) is 5.10. The highest BCUT2D eigenvalue weighted by molar-refractivity contribution is 5.71. The fraction of sp³-hybridized carbons (Fsp3) is 0.875. The summed E-state index contributed by atoms with van der Waals surface area (Å²) < 4.78 is 18.7. The molecule has 0 N–H and O–H groups in total. The van der Waals surface area contributed by atoms with E-state index in [0.29, 0.717) is 0 Å². The van der Waals surface area contributed by atoms with E-state index < -0.39 is 5.60 Å². The zero-order chi connectivity index (χ0) is 23.1. The predicted molar refractivity (Wildman–Crippen MR) is 116 cm³/mol. The lowest BCUT2D eigenvalue weighted by molar-refractivity contribution is -0.726. The number of ether oxygens (including phenoxy) is 3. The van der Waals surface area contributed by atoms with Crippen LogP contribution in [0.3, 0.4) is 0 Å². The Morgan fingerprint density at radius 1 is 0.839 bits per heavy atom. The predicted octanol–water partition coefficient (Wildman–Crippen LogP) is 2.29. The van der Waals surface area contributed by atoms with E-state index in [9.17, 15) is 4.79 Å². The summed E-state index contributed by atoms with van der Waals surface area (Å²) in [5.74, 6) is -0.00291. The quantitative estimate of drug-likeness (QED) is 0.109. The fourth-order valence-electron chi connectivity index (χ4n) is 3.77. The van der Waals surface area contributed by atoms with Crippen molar-refractivity contribution in [1.82, 2.24) is 0 Å². The number of rotatable bonds is 9. The smallest absolute Gasteiger partial charge is 0.332 e. The van der Waals surface area contributed by atoms with Gasteiger partial charge in [0.2, 0.25) is 0 Å². The molecule has 2 saturated carbocycles. The first-order valence-electron chi connectivity index (χ1n) is 11.6. The van der Waals surface area contributed by atoms with E-state index in [4.69, 9.17) is 24.0 Å². The lowest BCUT2D eigenvalue weighted by Gasteiger charge is -2.28. The van der Waals surface area contributed by atoms with Crippen LogP contribution in [-0.4, -0.2) is 43.8 Å². The molecule has 0 aromatic carbocycles. The van der Waals surface area contributed by atoms with Crippen molar-refractivity contribution in [3.63, 3.8) is 0 Å². The van der Waals surface area contributed by atoms with Gasteiger partial charge in [-0.15, -0.1) is 0 Å². The highest BCUT2D eigenvalue weighted by Gasteiger charge is 2.38. The van der Waals surface area contributed by atoms with Crippen molar-refractivity contribution < 1.29 is 50.0 Å². The molecule has 2 aliphatic carbocycles. The van der Waals surface area contributed by atoms with Crippen LogP contribution in [0.25, 0.3) is 0 Å². The first-order chi connectivity index (χ1) is 14.4. The molecule has 0 saturated heterocycles. The first-order valence-corrected chi connectivity index (χ1v) is 14.1. The van der Waals surface area contributed by atoms with Crippen LogP contribution in [0.15, 0.2) is 12.5 Å². The number of halogens is 1. The highest BCUT2D eigenvalue weighted by atomic mass is 127. The van der Waals surface area contributed by atoms with Crippen LogP contribution in [0.2, 0.25) is 0 Å². The van der Waals surface area contributed by atoms with Crippen molar-refractivity contribution in [2.24, 2.45) is 0 Å². The van der Waals surface area contributed by atoms with Gasteiger partial charge in [-0.05, 0) is 99.5 Å². The molecule has 7 heteroatoms. The largest absolute Gasteiger partial charge is 0.460 e. The number of hydrogen-bond acceptors (Lipinski definition) is 6. The Balaban J connectivity index is 1.57. The van der Waals surface area contributed by atoms with Crippen LogP contribution in [0.1, 0.15) is 92.9 Å². The minimum absolute atomic E-state index is 0.0709. The molecule has 2 fully saturated rings. The topological polar surface area (TPSA) is 63.2 Å². The molecule has 0 aliphatic heterocycles. The lowest BCUT2D eigenvalue weighted by Crippen LogP contribution is -3.68. The van der Waals surface area contributed by atoms with E-state index in [0.717, 1.165) is 33.5 Å². The van der Waals surface area contributed by atoms with E-state index >= 15 is 0 Å². The van der Waals surface area contributed by atoms with Gasteiger partial charge in [0, 0.05) is 0 Å². The average Bonchev–Trinajstić information content (AvgIpc) is 2.65. The second-order valence-electron chi connectivity index (χ2n) is 10.5. The fourth-order valence-corrected chi connectivity index (χ4v) is 8.08. The molecule has 0 radical (unpaired) electrons. The van der Waals surface area contributed by atoms with E-state index in [1.54, 1.807) is 0 Å². The number of hydrogen-bond donors (Lipinski definition) is 0. The van der Waals surface area contributed by atoms with Gasteiger partial charge in [0.25, 0.3) is 21.2 Å². The molecule has 0 atom stereocenters. The van der Waals surface area contributed by atoms with E-state index in [1.807, 2.05) is 41.5 Å². The van der Waals surface area contributed by atoms with Crippen molar-refractivity contribution in [1.29, 1.82) is 0 Å². The molecule has 6 nitrogen and oxygen atoms in total. The molecule has 0 bridgehead atoms. The summed E-state index contributed by atoms with van der Waals surface area (Å²) in [4.78, 5) is 22.3. The van der Waals surface area contributed by atoms with Crippen molar-refractivity contribution in [2.75, 3.05) is 6.61 Å². The van der Waals surface area contributed by atoms with Crippen LogP contribution in [0.4, 0.5) is 0 Å². The van der Waals surface area contributed by atoms with Crippen LogP contribution in [0, 0.1) is 0 Å². The highest BCUT2D eigenvalue weighted by Crippen LogP contribution is 2.23. The van der Waals surface area contributed by atoms with Gasteiger partial charge in [-0.2, -0.15) is 4.89 Å². The molecule has 0 spiro atoms. The Morgan fingerprint density at radius 2 is 1.35 bits per heavy atom. The Kier molecular flexibility index (Phi) is 10.4. The maximum atomic E-state index is 11.8. The van der Waals surface area contributed by atoms with Gasteiger partial charge >= 0.3 is 11.9 Å². The van der Waals surface area contributed by atoms with Gasteiger partial charge in [0.1, 0.15) is 23.9 Å². The maximum Gasteiger partial charge on any atom is 0.332 e. The summed E-state index contributed by atoms with van der Waals surface area (Å²) in [5, 5.41) is 0. The number of carbonyl (C=O) groups excluding carboxylic acids is 1. The summed E-state index contributed by atoms with van der Waals surface area (Å²) in [7, 11) is 0. The third kappa shape index (κ3) is 11.8. The second-order valence-corrected chi connectivity index (χ2v) is 14.8. The molecule has 0 heterocycles. The van der Waals surface area contributed by atoms with Crippen LogP contribution >= 0.6 is 0 Å². The Bertz CT molecular complexity index is 564. The van der Waals surface area contributed by atoms with E-state index in [-0.39, 0.29) is 57.5 Å². The van der Waals surface area contributed by atoms with Gasteiger partial charge in [-0.1, -0.05) is 0 Å². The SMILES string of the molecule is C=C(OOC(C)(C)C)OC1CCC([I+]C2CCC(OCC(=O)OC(C)(C)C)CC2)CC1. The van der Waals surface area contributed by atoms with Gasteiger partial charge in [-0.25, -0.2) is 4.79 Å². The molecule has 2 rings (SSSR count). The van der Waals surface area contributed by atoms with Gasteiger partial charge in [0.05, 0.1) is 6.10 Å². The average molecular weight is 553 g/mol. The monoisotopic (exact) mass is 553 g/mol. The van der Waals surface area contributed by atoms with Crippen LogP contribution in [-0.2, 0) is 28.8 Å². The van der Waals surface area contributed by atoms with Crippen molar-refractivity contribution in [3.8, 4) is 0 Å². The molecule has 31 heavy (non-hydrogen) atoms. The summed E-state index contributed by atoms with van der Waals surface area (Å²) in [6.07, 6.45) is 9.60. The second kappa shape index (κ2) is 12.1. The first kappa shape index (κ1) is 26.7. The minimum Gasteiger partial charge on any atom is -0.460 e. The van der Waals surface area contributed by atoms with Crippen molar-refractivity contribution in [2.45, 2.75) is 124 Å². The Morgan fingerprint density at radius 3 is 1.84 bits per heavy atom. The summed E-state index contributed by atoms with van der Waals surface area (Å²) in [5.41, 5.74) is -0.832. The van der Waals surface area contributed by atoms with Gasteiger partial charge in [0.15, 0.2) is 7.85 Å². The van der Waals surface area contributed by atoms with Gasteiger partial charge < -0.3 is 14.2 Å². The van der Waals surface area contributed by atoms with E-state index in [2.05, 4.69) is 6.58 Å². The van der Waals surface area contributed by atoms with Crippen molar-refractivity contribution >= 4 is 5.97 Å². The molecule has 0 aromatic heterocycles. The zero-order valence-corrected chi connectivity index (χ0v) is 22.4. The lowest BCUT2D eigenvalue weighted by atomic mass is 9.98. The normalized spacial score (nSPS) is 27.4. The number of carbonyl (C=O) groups is 1. The minimum atomic E-state index is -0.451. The molecular weight excluding hydrogens is 511 g/mol. The molecule has 180 valence electrons. The molecule has 0 amide bonds. The summed E-state index contributed by atoms with van der Waals surface area (Å²) >= 11 is 0.177. The number of alkyl halides is 2. The summed E-state index contributed by atoms with van der Waals surface area (Å²) in [6, 6.07) is 0. The van der Waals surface area contributed by atoms with Crippen LogP contribution in [0.5, 0.6) is 0 Å². The van der Waals surface area contributed by atoms with Crippen LogP contribution < -0.4 is 21.2 Å². The standard InChI is InChI=1S/C24H42IO6/c1-17(30-31-24(5,6)7)28-21-14-10-19(11-15-21)25-18-8-12-20(13-9-18)27-16-22(26)29-23(2,3)4/h18-21H,1,8-16H2,2-7H3/q+1. The maximum absolute atomic E-state index is 11.8. The van der Waals surface area contributed by atoms with Gasteiger partial charge in [-0.3, -0.25) is 4.89 Å². The third-order valence-corrected chi connectivity index (χ3v) is 9.63. The van der Waals surface area contributed by atoms with Crippen molar-refractivity contribution in [3.05, 3.63) is 12.5 Å². The zero-order valence-electron chi connectivity index (χ0n) is 20.2. The molecular formula is C24H42IO6+. The van der Waals surface area contributed by atoms with E-state index in [1.165, 1.54) is 25.7 Å². The Labute approximate surface area is 198 Å². The molecule has 0 unspecified atom stereocenters. The molecule has 0 aromatic rings. The summed E-state index contributed by atoms with van der Waals surface area (Å²) in [6.45, 7) is 15.3. The number of esters is 1. The Hall–Kier alpha value is -0.540.